The Kier molecular flexibility index (Phi) is 4.18. The molecule has 2 N–H and O–H groups in total. The maximum absolute atomic E-state index is 12.0. The molecule has 108 valence electrons. The number of para-hydroxylation sites is 1. The van der Waals surface area contributed by atoms with E-state index in [1.54, 1.807) is 17.9 Å². The van der Waals surface area contributed by atoms with Crippen molar-refractivity contribution < 1.29 is 14.7 Å². The molecule has 1 aromatic rings. The minimum Gasteiger partial charge on any atom is -0.481 e. The molecule has 1 atom stereocenters. The summed E-state index contributed by atoms with van der Waals surface area (Å²) in [5, 5.41) is 12.2. The van der Waals surface area contributed by atoms with Crippen LogP contribution in [0, 0.1) is 18.8 Å². The number of amides is 2. The van der Waals surface area contributed by atoms with Gasteiger partial charge in [0.2, 0.25) is 0 Å². The highest BCUT2D eigenvalue weighted by atomic mass is 35.5. The lowest BCUT2D eigenvalue weighted by Crippen LogP contribution is -2.54. The molecule has 1 aliphatic heterocycles. The Morgan fingerprint density at radius 2 is 2.10 bits per heavy atom. The minimum absolute atomic E-state index is 0.0191. The van der Waals surface area contributed by atoms with Gasteiger partial charge in [-0.15, -0.1) is 0 Å². The highest BCUT2D eigenvalue weighted by molar-refractivity contribution is 6.33. The number of aliphatic carboxylic acids is 1. The lowest BCUT2D eigenvalue weighted by Gasteiger charge is -2.41. The normalized spacial score (nSPS) is 16.4. The summed E-state index contributed by atoms with van der Waals surface area (Å²) in [5.74, 6) is -1.23. The summed E-state index contributed by atoms with van der Waals surface area (Å²) in [7, 11) is 0. The van der Waals surface area contributed by atoms with Crippen LogP contribution in [0.2, 0.25) is 5.02 Å². The maximum Gasteiger partial charge on any atom is 0.321 e. The Bertz CT molecular complexity index is 521. The first-order valence-corrected chi connectivity index (χ1v) is 6.81. The number of aryl methyl sites for hydroxylation is 1. The summed E-state index contributed by atoms with van der Waals surface area (Å²) in [5.41, 5.74) is 1.50. The van der Waals surface area contributed by atoms with E-state index >= 15 is 0 Å². The number of halogens is 1. The van der Waals surface area contributed by atoms with Gasteiger partial charge in [0, 0.05) is 19.0 Å². The van der Waals surface area contributed by atoms with Crippen molar-refractivity contribution in [2.45, 2.75) is 13.8 Å². The van der Waals surface area contributed by atoms with Crippen molar-refractivity contribution in [3.05, 3.63) is 28.8 Å². The third-order valence-electron chi connectivity index (χ3n) is 3.75. The van der Waals surface area contributed by atoms with Gasteiger partial charge in [0.15, 0.2) is 0 Å². The van der Waals surface area contributed by atoms with Crippen LogP contribution in [-0.2, 0) is 4.79 Å². The van der Waals surface area contributed by atoms with Crippen LogP contribution in [-0.4, -0.2) is 35.1 Å². The van der Waals surface area contributed by atoms with Gasteiger partial charge in [-0.25, -0.2) is 4.79 Å². The van der Waals surface area contributed by atoms with Crippen LogP contribution >= 0.6 is 11.6 Å². The second-order valence-electron chi connectivity index (χ2n) is 5.15. The molecule has 0 aliphatic carbocycles. The van der Waals surface area contributed by atoms with Gasteiger partial charge in [-0.2, -0.15) is 0 Å². The average molecular weight is 297 g/mol. The minimum atomic E-state index is -0.822. The van der Waals surface area contributed by atoms with Gasteiger partial charge >= 0.3 is 12.0 Å². The molecule has 1 heterocycles. The number of urea groups is 1. The highest BCUT2D eigenvalue weighted by Crippen LogP contribution is 2.28. The smallest absolute Gasteiger partial charge is 0.321 e. The second kappa shape index (κ2) is 5.71. The number of rotatable bonds is 3. The number of likely N-dealkylation sites (tertiary alicyclic amines) is 1. The molecule has 1 saturated heterocycles. The van der Waals surface area contributed by atoms with Gasteiger partial charge in [0.25, 0.3) is 0 Å². The van der Waals surface area contributed by atoms with Crippen molar-refractivity contribution in [3.8, 4) is 0 Å². The van der Waals surface area contributed by atoms with Crippen LogP contribution in [0.25, 0.3) is 0 Å². The number of carbonyl (C=O) groups is 2. The van der Waals surface area contributed by atoms with E-state index in [-0.39, 0.29) is 11.9 Å². The molecule has 2 rings (SSSR count). The number of benzene rings is 1. The van der Waals surface area contributed by atoms with E-state index in [1.807, 2.05) is 19.1 Å². The van der Waals surface area contributed by atoms with E-state index < -0.39 is 11.9 Å². The molecule has 0 bridgehead atoms. The van der Waals surface area contributed by atoms with Gasteiger partial charge in [0.1, 0.15) is 0 Å². The van der Waals surface area contributed by atoms with Crippen LogP contribution in [0.1, 0.15) is 12.5 Å². The van der Waals surface area contributed by atoms with Gasteiger partial charge in [0.05, 0.1) is 16.6 Å². The lowest BCUT2D eigenvalue weighted by atomic mass is 9.87. The molecule has 2 amide bonds. The number of nitrogens with one attached hydrogen (secondary N) is 1. The van der Waals surface area contributed by atoms with Crippen LogP contribution in [0.4, 0.5) is 10.5 Å². The third-order valence-corrected chi connectivity index (χ3v) is 4.06. The molecule has 1 unspecified atom stereocenters. The van der Waals surface area contributed by atoms with Crippen LogP contribution < -0.4 is 5.32 Å². The molecule has 20 heavy (non-hydrogen) atoms. The van der Waals surface area contributed by atoms with Crippen molar-refractivity contribution in [2.75, 3.05) is 18.4 Å². The fourth-order valence-corrected chi connectivity index (χ4v) is 2.44. The SMILES string of the molecule is Cc1cccc(Cl)c1NC(=O)N1CC(C(C)C(=O)O)C1. The summed E-state index contributed by atoms with van der Waals surface area (Å²) in [4.78, 5) is 24.5. The van der Waals surface area contributed by atoms with Gasteiger partial charge in [-0.1, -0.05) is 30.7 Å². The summed E-state index contributed by atoms with van der Waals surface area (Å²) >= 11 is 6.05. The van der Waals surface area contributed by atoms with Gasteiger partial charge < -0.3 is 15.3 Å². The lowest BCUT2D eigenvalue weighted by molar-refractivity contribution is -0.144. The quantitative estimate of drug-likeness (QED) is 0.901. The summed E-state index contributed by atoms with van der Waals surface area (Å²) in [6.07, 6.45) is 0. The fourth-order valence-electron chi connectivity index (χ4n) is 2.17. The molecule has 1 fully saturated rings. The van der Waals surface area contributed by atoms with E-state index in [0.717, 1.165) is 5.56 Å². The first kappa shape index (κ1) is 14.7. The molecule has 0 saturated carbocycles. The van der Waals surface area contributed by atoms with E-state index in [0.29, 0.717) is 23.8 Å². The maximum atomic E-state index is 12.0. The molecular weight excluding hydrogens is 280 g/mol. The second-order valence-corrected chi connectivity index (χ2v) is 5.56. The number of carbonyl (C=O) groups excluding carboxylic acids is 1. The first-order valence-electron chi connectivity index (χ1n) is 6.44. The number of anilines is 1. The zero-order valence-electron chi connectivity index (χ0n) is 11.4. The van der Waals surface area contributed by atoms with Gasteiger partial charge in [-0.3, -0.25) is 4.79 Å². The average Bonchev–Trinajstić information content (AvgIpc) is 2.32. The molecule has 0 spiro atoms. The first-order chi connectivity index (χ1) is 9.40. The van der Waals surface area contributed by atoms with E-state index in [2.05, 4.69) is 5.32 Å². The van der Waals surface area contributed by atoms with Crippen LogP contribution in [0.15, 0.2) is 18.2 Å². The highest BCUT2D eigenvalue weighted by Gasteiger charge is 2.37. The van der Waals surface area contributed by atoms with Crippen molar-refractivity contribution >= 4 is 29.3 Å². The molecule has 0 aromatic heterocycles. The van der Waals surface area contributed by atoms with E-state index in [9.17, 15) is 9.59 Å². The molecule has 1 aliphatic rings. The third kappa shape index (κ3) is 2.88. The number of hydrogen-bond acceptors (Lipinski definition) is 2. The monoisotopic (exact) mass is 296 g/mol. The summed E-state index contributed by atoms with van der Waals surface area (Å²) in [6.45, 7) is 4.46. The van der Waals surface area contributed by atoms with Crippen LogP contribution in [0.3, 0.4) is 0 Å². The Balaban J connectivity index is 1.94. The van der Waals surface area contributed by atoms with Gasteiger partial charge in [-0.05, 0) is 18.6 Å². The van der Waals surface area contributed by atoms with Crippen molar-refractivity contribution in [1.29, 1.82) is 0 Å². The number of nitrogens with zero attached hydrogens (tertiary/aromatic N) is 1. The van der Waals surface area contributed by atoms with E-state index in [4.69, 9.17) is 16.7 Å². The Labute approximate surface area is 122 Å². The predicted molar refractivity (Wildman–Crippen MR) is 77.1 cm³/mol. The Hall–Kier alpha value is -1.75. The molecule has 5 nitrogen and oxygen atoms in total. The topological polar surface area (TPSA) is 69.6 Å². The largest absolute Gasteiger partial charge is 0.481 e. The molecule has 1 aromatic carbocycles. The number of carboxylic acids is 1. The standard InChI is InChI=1S/C14H17ClN2O3/c1-8-4-3-5-11(15)12(8)16-14(20)17-6-10(7-17)9(2)13(18)19/h3-5,9-10H,6-7H2,1-2H3,(H,16,20)(H,18,19). The van der Waals surface area contributed by atoms with Crippen molar-refractivity contribution in [2.24, 2.45) is 11.8 Å². The number of carboxylic acid groups (broad SMARTS) is 1. The predicted octanol–water partition coefficient (Wildman–Crippen LogP) is 2.83. The fraction of sp³-hybridized carbons (Fsp3) is 0.429. The van der Waals surface area contributed by atoms with Crippen molar-refractivity contribution in [3.63, 3.8) is 0 Å². The Morgan fingerprint density at radius 3 is 2.65 bits per heavy atom. The van der Waals surface area contributed by atoms with Crippen molar-refractivity contribution in [1.82, 2.24) is 4.90 Å². The molecular formula is C14H17ClN2O3. The summed E-state index contributed by atoms with van der Waals surface area (Å²) < 4.78 is 0. The van der Waals surface area contributed by atoms with Crippen LogP contribution in [0.5, 0.6) is 0 Å². The zero-order valence-corrected chi connectivity index (χ0v) is 12.1. The summed E-state index contributed by atoms with van der Waals surface area (Å²) in [6, 6.07) is 5.17. The molecule has 6 heteroatoms. The number of hydrogen-bond donors (Lipinski definition) is 2. The molecule has 0 radical (unpaired) electrons. The zero-order chi connectivity index (χ0) is 14.9. The Morgan fingerprint density at radius 1 is 1.45 bits per heavy atom. The van der Waals surface area contributed by atoms with E-state index in [1.165, 1.54) is 0 Å².